The van der Waals surface area contributed by atoms with Crippen molar-refractivity contribution in [2.45, 2.75) is 20.3 Å². The Kier molecular flexibility index (Phi) is 4.85. The number of benzene rings is 1. The molecule has 0 bridgehead atoms. The highest BCUT2D eigenvalue weighted by Gasteiger charge is 2.16. The maximum absolute atomic E-state index is 8.91. The molecule has 98 valence electrons. The Morgan fingerprint density at radius 3 is 2.00 bits per heavy atom. The maximum atomic E-state index is 8.91. The van der Waals surface area contributed by atoms with E-state index in [9.17, 15) is 0 Å². The highest BCUT2D eigenvalue weighted by atomic mass is 16.5. The van der Waals surface area contributed by atoms with E-state index in [-0.39, 0.29) is 5.41 Å². The first-order chi connectivity index (χ1) is 8.50. The monoisotopic (exact) mass is 249 g/mol. The standard InChI is InChI=1S/C14H19NO3/c1-14(2,10-15)5-6-18-13-8-11(16-3)7-12(9-13)17-4/h7-9H,5-6H2,1-4H3. The van der Waals surface area contributed by atoms with Gasteiger partial charge >= 0.3 is 0 Å². The summed E-state index contributed by atoms with van der Waals surface area (Å²) in [5.41, 5.74) is -0.372. The van der Waals surface area contributed by atoms with Crippen LogP contribution in [0.3, 0.4) is 0 Å². The SMILES string of the molecule is COc1cc(OC)cc(OCCC(C)(C)C#N)c1. The first-order valence-electron chi connectivity index (χ1n) is 5.78. The Morgan fingerprint density at radius 1 is 1.06 bits per heavy atom. The molecule has 0 N–H and O–H groups in total. The highest BCUT2D eigenvalue weighted by Crippen LogP contribution is 2.28. The Hall–Kier alpha value is -1.89. The van der Waals surface area contributed by atoms with Crippen molar-refractivity contribution in [1.29, 1.82) is 5.26 Å². The molecule has 4 heteroatoms. The minimum absolute atomic E-state index is 0.372. The second-order valence-corrected chi connectivity index (χ2v) is 4.64. The molecular formula is C14H19NO3. The van der Waals surface area contributed by atoms with E-state index >= 15 is 0 Å². The Labute approximate surface area is 108 Å². The minimum atomic E-state index is -0.372. The average Bonchev–Trinajstić information content (AvgIpc) is 2.38. The van der Waals surface area contributed by atoms with E-state index in [0.29, 0.717) is 30.3 Å². The third-order valence-corrected chi connectivity index (χ3v) is 2.62. The van der Waals surface area contributed by atoms with E-state index in [4.69, 9.17) is 19.5 Å². The molecule has 1 rings (SSSR count). The normalized spacial score (nSPS) is 10.6. The molecule has 0 aromatic heterocycles. The van der Waals surface area contributed by atoms with Gasteiger partial charge in [0, 0.05) is 18.2 Å². The van der Waals surface area contributed by atoms with Crippen molar-refractivity contribution in [3.63, 3.8) is 0 Å². The molecule has 0 unspecified atom stereocenters. The second kappa shape index (κ2) is 6.15. The van der Waals surface area contributed by atoms with Crippen molar-refractivity contribution < 1.29 is 14.2 Å². The lowest BCUT2D eigenvalue weighted by Crippen LogP contribution is -2.13. The fraction of sp³-hybridized carbons (Fsp3) is 0.500. The van der Waals surface area contributed by atoms with Gasteiger partial charge < -0.3 is 14.2 Å². The van der Waals surface area contributed by atoms with Crippen molar-refractivity contribution in [2.75, 3.05) is 20.8 Å². The predicted octanol–water partition coefficient (Wildman–Crippen LogP) is 3.02. The zero-order valence-corrected chi connectivity index (χ0v) is 11.3. The van der Waals surface area contributed by atoms with Crippen molar-refractivity contribution >= 4 is 0 Å². The van der Waals surface area contributed by atoms with Gasteiger partial charge in [-0.1, -0.05) is 0 Å². The second-order valence-electron chi connectivity index (χ2n) is 4.64. The highest BCUT2D eigenvalue weighted by molar-refractivity contribution is 5.41. The number of hydrogen-bond acceptors (Lipinski definition) is 4. The quantitative estimate of drug-likeness (QED) is 0.777. The maximum Gasteiger partial charge on any atom is 0.126 e. The van der Waals surface area contributed by atoms with Crippen LogP contribution in [-0.4, -0.2) is 20.8 Å². The molecule has 18 heavy (non-hydrogen) atoms. The largest absolute Gasteiger partial charge is 0.496 e. The molecule has 0 fully saturated rings. The summed E-state index contributed by atoms with van der Waals surface area (Å²) in [5.74, 6) is 2.05. The first kappa shape index (κ1) is 14.2. The van der Waals surface area contributed by atoms with Crippen LogP contribution in [0.5, 0.6) is 17.2 Å². The summed E-state index contributed by atoms with van der Waals surface area (Å²) in [6.45, 7) is 4.27. The van der Waals surface area contributed by atoms with Gasteiger partial charge in [-0.25, -0.2) is 0 Å². The lowest BCUT2D eigenvalue weighted by molar-refractivity contribution is 0.262. The molecule has 1 aromatic rings. The molecule has 0 saturated carbocycles. The van der Waals surface area contributed by atoms with E-state index in [1.807, 2.05) is 13.8 Å². The molecule has 0 aliphatic heterocycles. The van der Waals surface area contributed by atoms with Crippen molar-refractivity contribution in [2.24, 2.45) is 5.41 Å². The van der Waals surface area contributed by atoms with Crippen LogP contribution in [0.1, 0.15) is 20.3 Å². The smallest absolute Gasteiger partial charge is 0.126 e. The van der Waals surface area contributed by atoms with Gasteiger partial charge in [0.15, 0.2) is 0 Å². The number of nitrogens with zero attached hydrogens (tertiary/aromatic N) is 1. The van der Waals surface area contributed by atoms with Crippen molar-refractivity contribution in [3.05, 3.63) is 18.2 Å². The van der Waals surface area contributed by atoms with Gasteiger partial charge in [0.25, 0.3) is 0 Å². The van der Waals surface area contributed by atoms with Gasteiger partial charge in [-0.15, -0.1) is 0 Å². The van der Waals surface area contributed by atoms with Gasteiger partial charge in [-0.3, -0.25) is 0 Å². The van der Waals surface area contributed by atoms with E-state index in [1.54, 1.807) is 32.4 Å². The summed E-state index contributed by atoms with van der Waals surface area (Å²) in [4.78, 5) is 0. The van der Waals surface area contributed by atoms with Gasteiger partial charge in [0.2, 0.25) is 0 Å². The average molecular weight is 249 g/mol. The molecule has 0 saturated heterocycles. The van der Waals surface area contributed by atoms with Crippen LogP contribution in [0.15, 0.2) is 18.2 Å². The van der Waals surface area contributed by atoms with Gasteiger partial charge in [-0.05, 0) is 20.3 Å². The predicted molar refractivity (Wildman–Crippen MR) is 69.1 cm³/mol. The molecule has 4 nitrogen and oxygen atoms in total. The van der Waals surface area contributed by atoms with Crippen LogP contribution in [0.2, 0.25) is 0 Å². The number of methoxy groups -OCH3 is 2. The first-order valence-corrected chi connectivity index (χ1v) is 5.78. The zero-order valence-electron chi connectivity index (χ0n) is 11.3. The lowest BCUT2D eigenvalue weighted by atomic mass is 9.92. The summed E-state index contributed by atoms with van der Waals surface area (Å²) in [6, 6.07) is 7.61. The van der Waals surface area contributed by atoms with E-state index in [2.05, 4.69) is 6.07 Å². The van der Waals surface area contributed by atoms with Crippen LogP contribution in [0.4, 0.5) is 0 Å². The molecule has 0 atom stereocenters. The molecule has 0 aliphatic carbocycles. The number of rotatable bonds is 6. The summed E-state index contributed by atoms with van der Waals surface area (Å²) < 4.78 is 15.9. The molecule has 0 spiro atoms. The van der Waals surface area contributed by atoms with Crippen LogP contribution in [0, 0.1) is 16.7 Å². The fourth-order valence-corrected chi connectivity index (χ4v) is 1.34. The van der Waals surface area contributed by atoms with Crippen LogP contribution < -0.4 is 14.2 Å². The number of nitriles is 1. The Bertz CT molecular complexity index is 413. The van der Waals surface area contributed by atoms with Gasteiger partial charge in [0.05, 0.1) is 32.3 Å². The van der Waals surface area contributed by atoms with Crippen molar-refractivity contribution in [3.8, 4) is 23.3 Å². The molecule has 0 heterocycles. The Morgan fingerprint density at radius 2 is 1.56 bits per heavy atom. The van der Waals surface area contributed by atoms with Crippen LogP contribution >= 0.6 is 0 Å². The number of hydrogen-bond donors (Lipinski definition) is 0. The molecule has 0 amide bonds. The molecule has 0 radical (unpaired) electrons. The lowest BCUT2D eigenvalue weighted by Gasteiger charge is -2.16. The Balaban J connectivity index is 2.65. The summed E-state index contributed by atoms with van der Waals surface area (Å²) >= 11 is 0. The molecule has 1 aromatic carbocycles. The fourth-order valence-electron chi connectivity index (χ4n) is 1.34. The summed E-state index contributed by atoms with van der Waals surface area (Å²) in [6.07, 6.45) is 0.670. The zero-order chi connectivity index (χ0) is 13.6. The third kappa shape index (κ3) is 4.17. The topological polar surface area (TPSA) is 51.5 Å². The van der Waals surface area contributed by atoms with E-state index in [0.717, 1.165) is 0 Å². The molecular weight excluding hydrogens is 230 g/mol. The van der Waals surface area contributed by atoms with Gasteiger partial charge in [-0.2, -0.15) is 5.26 Å². The van der Waals surface area contributed by atoms with E-state index in [1.165, 1.54) is 0 Å². The van der Waals surface area contributed by atoms with Crippen molar-refractivity contribution in [1.82, 2.24) is 0 Å². The molecule has 0 aliphatic rings. The summed E-state index contributed by atoms with van der Waals surface area (Å²) in [5, 5.41) is 8.91. The minimum Gasteiger partial charge on any atom is -0.496 e. The summed E-state index contributed by atoms with van der Waals surface area (Å²) in [7, 11) is 3.19. The number of ether oxygens (including phenoxy) is 3. The van der Waals surface area contributed by atoms with Crippen LogP contribution in [-0.2, 0) is 0 Å². The van der Waals surface area contributed by atoms with E-state index < -0.39 is 0 Å². The van der Waals surface area contributed by atoms with Gasteiger partial charge in [0.1, 0.15) is 17.2 Å². The van der Waals surface area contributed by atoms with Crippen LogP contribution in [0.25, 0.3) is 0 Å². The third-order valence-electron chi connectivity index (χ3n) is 2.62.